The Hall–Kier alpha value is -0.130. The van der Waals surface area contributed by atoms with Crippen molar-refractivity contribution in [2.24, 2.45) is 5.73 Å². The molecule has 0 spiro atoms. The predicted octanol–water partition coefficient (Wildman–Crippen LogP) is 3.12. The largest absolute Gasteiger partial charge is 0.378 e. The van der Waals surface area contributed by atoms with E-state index >= 15 is 0 Å². The van der Waals surface area contributed by atoms with Gasteiger partial charge in [-0.25, -0.2) is 0 Å². The van der Waals surface area contributed by atoms with Crippen LogP contribution in [0.25, 0.3) is 0 Å². The van der Waals surface area contributed by atoms with Crippen LogP contribution in [0.5, 0.6) is 0 Å². The average Bonchev–Trinajstić information content (AvgIpc) is 2.83. The molecule has 2 N–H and O–H groups in total. The van der Waals surface area contributed by atoms with Gasteiger partial charge in [-0.2, -0.15) is 0 Å². The fourth-order valence-corrected chi connectivity index (χ4v) is 2.66. The molecule has 2 unspecified atom stereocenters. The normalized spacial score (nSPS) is 21.6. The lowest BCUT2D eigenvalue weighted by molar-refractivity contribution is 0.101. The van der Waals surface area contributed by atoms with Gasteiger partial charge in [0.25, 0.3) is 0 Å². The Kier molecular flexibility index (Phi) is 5.25. The van der Waals surface area contributed by atoms with E-state index in [0.29, 0.717) is 6.10 Å². The first-order valence-electron chi connectivity index (χ1n) is 6.35. The highest BCUT2D eigenvalue weighted by Gasteiger charge is 2.16. The summed E-state index contributed by atoms with van der Waals surface area (Å²) in [4.78, 5) is 0. The Labute approximate surface area is 117 Å². The molecule has 2 atom stereocenters. The summed E-state index contributed by atoms with van der Waals surface area (Å²) in [6.45, 7) is 0.941. The average molecular weight is 345 g/mol. The molecule has 0 aromatic heterocycles. The van der Waals surface area contributed by atoms with Gasteiger partial charge in [0.15, 0.2) is 0 Å². The van der Waals surface area contributed by atoms with Crippen molar-refractivity contribution in [2.45, 2.75) is 44.2 Å². The summed E-state index contributed by atoms with van der Waals surface area (Å²) >= 11 is 2.32. The molecular formula is C14H20INO. The Bertz CT molecular complexity index is 333. The van der Waals surface area contributed by atoms with Crippen LogP contribution in [0.2, 0.25) is 0 Å². The van der Waals surface area contributed by atoms with Gasteiger partial charge < -0.3 is 10.5 Å². The topological polar surface area (TPSA) is 35.2 Å². The first-order chi connectivity index (χ1) is 8.24. The molecule has 0 radical (unpaired) electrons. The molecule has 2 nitrogen and oxygen atoms in total. The number of halogens is 1. The molecule has 1 fully saturated rings. The Morgan fingerprint density at radius 2 is 2.12 bits per heavy atom. The van der Waals surface area contributed by atoms with Crippen LogP contribution in [0.4, 0.5) is 0 Å². The van der Waals surface area contributed by atoms with Crippen LogP contribution in [-0.2, 0) is 11.2 Å². The molecule has 0 saturated carbocycles. The van der Waals surface area contributed by atoms with Gasteiger partial charge in [0.2, 0.25) is 0 Å². The summed E-state index contributed by atoms with van der Waals surface area (Å²) in [5, 5.41) is 0. The van der Waals surface area contributed by atoms with Gasteiger partial charge in [0.05, 0.1) is 6.10 Å². The summed E-state index contributed by atoms with van der Waals surface area (Å²) in [5.41, 5.74) is 7.50. The van der Waals surface area contributed by atoms with Crippen molar-refractivity contribution in [3.63, 3.8) is 0 Å². The van der Waals surface area contributed by atoms with Gasteiger partial charge in [-0.3, -0.25) is 0 Å². The van der Waals surface area contributed by atoms with Crippen LogP contribution in [0, 0.1) is 3.57 Å². The van der Waals surface area contributed by atoms with E-state index in [2.05, 4.69) is 46.9 Å². The second-order valence-corrected chi connectivity index (χ2v) is 6.05. The van der Waals surface area contributed by atoms with Crippen LogP contribution in [0.15, 0.2) is 24.3 Å². The first kappa shape index (κ1) is 13.3. The second-order valence-electron chi connectivity index (χ2n) is 4.80. The zero-order valence-electron chi connectivity index (χ0n) is 10.1. The third kappa shape index (κ3) is 4.56. The van der Waals surface area contributed by atoms with Crippen molar-refractivity contribution < 1.29 is 4.74 Å². The maximum Gasteiger partial charge on any atom is 0.0576 e. The van der Waals surface area contributed by atoms with E-state index in [1.165, 1.54) is 22.0 Å². The maximum absolute atomic E-state index is 6.16. The van der Waals surface area contributed by atoms with Crippen molar-refractivity contribution in [2.75, 3.05) is 6.61 Å². The number of hydrogen-bond donors (Lipinski definition) is 1. The molecule has 0 amide bonds. The van der Waals surface area contributed by atoms with E-state index in [0.717, 1.165) is 25.9 Å². The van der Waals surface area contributed by atoms with E-state index in [-0.39, 0.29) is 6.04 Å². The minimum absolute atomic E-state index is 0.263. The van der Waals surface area contributed by atoms with Crippen molar-refractivity contribution in [3.8, 4) is 0 Å². The molecule has 94 valence electrons. The Morgan fingerprint density at radius 3 is 2.76 bits per heavy atom. The van der Waals surface area contributed by atoms with E-state index in [1.54, 1.807) is 0 Å². The fraction of sp³-hybridized carbons (Fsp3) is 0.571. The SMILES string of the molecule is NC(CCC1CCCO1)Cc1ccc(I)cc1. The number of rotatable bonds is 5. The van der Waals surface area contributed by atoms with Crippen LogP contribution >= 0.6 is 22.6 Å². The lowest BCUT2D eigenvalue weighted by Crippen LogP contribution is -2.24. The van der Waals surface area contributed by atoms with E-state index in [4.69, 9.17) is 10.5 Å². The van der Waals surface area contributed by atoms with Gasteiger partial charge in [-0.15, -0.1) is 0 Å². The van der Waals surface area contributed by atoms with Gasteiger partial charge in [-0.05, 0) is 72.4 Å². The first-order valence-corrected chi connectivity index (χ1v) is 7.43. The van der Waals surface area contributed by atoms with E-state index in [1.807, 2.05) is 0 Å². The maximum atomic E-state index is 6.16. The van der Waals surface area contributed by atoms with Crippen molar-refractivity contribution >= 4 is 22.6 Å². The van der Waals surface area contributed by atoms with Gasteiger partial charge in [0, 0.05) is 16.2 Å². The number of hydrogen-bond acceptors (Lipinski definition) is 2. The van der Waals surface area contributed by atoms with Crippen LogP contribution in [-0.4, -0.2) is 18.8 Å². The molecule has 1 saturated heterocycles. The molecule has 2 rings (SSSR count). The zero-order valence-corrected chi connectivity index (χ0v) is 12.2. The number of benzene rings is 1. The minimum Gasteiger partial charge on any atom is -0.378 e. The third-order valence-electron chi connectivity index (χ3n) is 3.29. The molecule has 1 aliphatic rings. The smallest absolute Gasteiger partial charge is 0.0576 e. The molecule has 1 aliphatic heterocycles. The van der Waals surface area contributed by atoms with Gasteiger partial charge in [-0.1, -0.05) is 12.1 Å². The zero-order chi connectivity index (χ0) is 12.1. The second kappa shape index (κ2) is 6.71. The van der Waals surface area contributed by atoms with E-state index < -0.39 is 0 Å². The summed E-state index contributed by atoms with van der Waals surface area (Å²) in [5.74, 6) is 0. The van der Waals surface area contributed by atoms with E-state index in [9.17, 15) is 0 Å². The van der Waals surface area contributed by atoms with Crippen LogP contribution in [0.1, 0.15) is 31.2 Å². The highest BCUT2D eigenvalue weighted by atomic mass is 127. The molecule has 1 aromatic rings. The van der Waals surface area contributed by atoms with Crippen LogP contribution < -0.4 is 5.73 Å². The summed E-state index contributed by atoms with van der Waals surface area (Å²) in [6.07, 6.45) is 6.07. The molecule has 1 aromatic carbocycles. The summed E-state index contributed by atoms with van der Waals surface area (Å²) < 4.78 is 6.89. The standard InChI is InChI=1S/C14H20INO/c15-12-5-3-11(4-6-12)10-13(16)7-8-14-2-1-9-17-14/h3-6,13-14H,1-2,7-10,16H2. The molecule has 0 bridgehead atoms. The molecule has 0 aliphatic carbocycles. The minimum atomic E-state index is 0.263. The molecular weight excluding hydrogens is 325 g/mol. The highest BCUT2D eigenvalue weighted by Crippen LogP contribution is 2.18. The third-order valence-corrected chi connectivity index (χ3v) is 4.01. The number of nitrogens with two attached hydrogens (primary N) is 1. The van der Waals surface area contributed by atoms with Gasteiger partial charge in [0.1, 0.15) is 0 Å². The van der Waals surface area contributed by atoms with Crippen molar-refractivity contribution in [1.82, 2.24) is 0 Å². The highest BCUT2D eigenvalue weighted by molar-refractivity contribution is 14.1. The van der Waals surface area contributed by atoms with Crippen molar-refractivity contribution in [3.05, 3.63) is 33.4 Å². The Balaban J connectivity index is 1.72. The lowest BCUT2D eigenvalue weighted by atomic mass is 10.0. The monoisotopic (exact) mass is 345 g/mol. The number of ether oxygens (including phenoxy) is 1. The quantitative estimate of drug-likeness (QED) is 0.833. The molecule has 3 heteroatoms. The van der Waals surface area contributed by atoms with Crippen molar-refractivity contribution in [1.29, 1.82) is 0 Å². The summed E-state index contributed by atoms with van der Waals surface area (Å²) in [6, 6.07) is 8.89. The molecule has 17 heavy (non-hydrogen) atoms. The molecule has 1 heterocycles. The summed E-state index contributed by atoms with van der Waals surface area (Å²) in [7, 11) is 0. The Morgan fingerprint density at radius 1 is 1.35 bits per heavy atom. The van der Waals surface area contributed by atoms with Crippen LogP contribution in [0.3, 0.4) is 0 Å². The van der Waals surface area contributed by atoms with Gasteiger partial charge >= 0.3 is 0 Å². The lowest BCUT2D eigenvalue weighted by Gasteiger charge is -2.14. The fourth-order valence-electron chi connectivity index (χ4n) is 2.30. The predicted molar refractivity (Wildman–Crippen MR) is 79.0 cm³/mol.